The fourth-order valence-electron chi connectivity index (χ4n) is 3.71. The average Bonchev–Trinajstić information content (AvgIpc) is 3.45. The van der Waals surface area contributed by atoms with Gasteiger partial charge in [-0.2, -0.15) is 0 Å². The Kier molecular flexibility index (Phi) is 6.70. The highest BCUT2D eigenvalue weighted by Crippen LogP contribution is 2.27. The Morgan fingerprint density at radius 3 is 2.48 bits per heavy atom. The van der Waals surface area contributed by atoms with Crippen molar-refractivity contribution in [3.63, 3.8) is 0 Å². The van der Waals surface area contributed by atoms with E-state index in [0.717, 1.165) is 28.1 Å². The van der Waals surface area contributed by atoms with E-state index in [1.165, 1.54) is 11.3 Å². The molecule has 0 saturated carbocycles. The first kappa shape index (κ1) is 22.5. The third-order valence-corrected chi connectivity index (χ3v) is 6.27. The van der Waals surface area contributed by atoms with Crippen LogP contribution in [0.2, 0.25) is 0 Å². The summed E-state index contributed by atoms with van der Waals surface area (Å²) in [4.78, 5) is 40.6. The van der Waals surface area contributed by atoms with Crippen molar-refractivity contribution in [1.82, 2.24) is 5.32 Å². The molecule has 1 fully saturated rings. The average molecular weight is 460 g/mol. The molecule has 1 aromatic heterocycles. The summed E-state index contributed by atoms with van der Waals surface area (Å²) in [5.41, 5.74) is 4.02. The van der Waals surface area contributed by atoms with Crippen molar-refractivity contribution in [2.45, 2.75) is 26.7 Å². The second-order valence-corrected chi connectivity index (χ2v) is 8.98. The van der Waals surface area contributed by atoms with Gasteiger partial charge in [-0.05, 0) is 73.7 Å². The van der Waals surface area contributed by atoms with Crippen molar-refractivity contribution in [3.05, 3.63) is 87.2 Å². The summed E-state index contributed by atoms with van der Waals surface area (Å²) in [5, 5.41) is 7.53. The molecule has 1 saturated heterocycles. The van der Waals surface area contributed by atoms with Gasteiger partial charge in [0.1, 0.15) is 5.70 Å². The predicted octanol–water partition coefficient (Wildman–Crippen LogP) is 4.90. The quantitative estimate of drug-likeness (QED) is 0.515. The molecule has 2 heterocycles. The van der Waals surface area contributed by atoms with Gasteiger partial charge in [0.05, 0.1) is 0 Å². The van der Waals surface area contributed by atoms with Crippen LogP contribution in [0.5, 0.6) is 0 Å². The SMILES string of the molecule is Cc1ccc(C(=O)N/C(=C\c2cccs2)C(=O)Nc2ccc(N3CCCC3=O)c(C)c2)cc1. The van der Waals surface area contributed by atoms with Gasteiger partial charge in [-0.1, -0.05) is 23.8 Å². The van der Waals surface area contributed by atoms with Gasteiger partial charge in [0.2, 0.25) is 5.91 Å². The summed E-state index contributed by atoms with van der Waals surface area (Å²) in [6.07, 6.45) is 3.08. The number of hydrogen-bond acceptors (Lipinski definition) is 4. The van der Waals surface area contributed by atoms with E-state index in [-0.39, 0.29) is 17.5 Å². The molecule has 0 atom stereocenters. The van der Waals surface area contributed by atoms with Crippen molar-refractivity contribution in [2.75, 3.05) is 16.8 Å². The van der Waals surface area contributed by atoms with Gasteiger partial charge in [0.15, 0.2) is 0 Å². The highest BCUT2D eigenvalue weighted by molar-refractivity contribution is 7.10. The standard InChI is InChI=1S/C26H25N3O3S/c1-17-7-9-19(10-8-17)25(31)28-22(16-21-5-4-14-33-21)26(32)27-20-11-12-23(18(2)15-20)29-13-3-6-24(29)30/h4-5,7-12,14-16H,3,6,13H2,1-2H3,(H,27,32)(H,28,31)/b22-16-. The van der Waals surface area contributed by atoms with E-state index in [9.17, 15) is 14.4 Å². The smallest absolute Gasteiger partial charge is 0.272 e. The lowest BCUT2D eigenvalue weighted by molar-refractivity contribution is -0.117. The van der Waals surface area contributed by atoms with Gasteiger partial charge in [-0.3, -0.25) is 14.4 Å². The van der Waals surface area contributed by atoms with E-state index in [4.69, 9.17) is 0 Å². The third kappa shape index (κ3) is 5.38. The number of rotatable bonds is 6. The fourth-order valence-corrected chi connectivity index (χ4v) is 4.37. The van der Waals surface area contributed by atoms with Crippen LogP contribution in [0, 0.1) is 13.8 Å². The normalized spacial score (nSPS) is 13.8. The Labute approximate surface area is 196 Å². The Morgan fingerprint density at radius 2 is 1.85 bits per heavy atom. The molecule has 0 aliphatic carbocycles. The molecule has 3 amide bonds. The zero-order valence-corrected chi connectivity index (χ0v) is 19.4. The number of hydrogen-bond donors (Lipinski definition) is 2. The van der Waals surface area contributed by atoms with Crippen LogP contribution in [0.15, 0.2) is 65.7 Å². The van der Waals surface area contributed by atoms with Crippen LogP contribution < -0.4 is 15.5 Å². The Morgan fingerprint density at radius 1 is 1.06 bits per heavy atom. The third-order valence-electron chi connectivity index (χ3n) is 5.46. The number of nitrogens with one attached hydrogen (secondary N) is 2. The minimum Gasteiger partial charge on any atom is -0.321 e. The van der Waals surface area contributed by atoms with Crippen LogP contribution in [0.3, 0.4) is 0 Å². The largest absolute Gasteiger partial charge is 0.321 e. The zero-order chi connectivity index (χ0) is 23.4. The first-order chi connectivity index (χ1) is 15.9. The van der Waals surface area contributed by atoms with E-state index in [1.54, 1.807) is 29.2 Å². The lowest BCUT2D eigenvalue weighted by atomic mass is 10.1. The van der Waals surface area contributed by atoms with Gasteiger partial charge in [-0.15, -0.1) is 11.3 Å². The van der Waals surface area contributed by atoms with Crippen LogP contribution in [-0.2, 0) is 9.59 Å². The molecular weight excluding hydrogens is 434 g/mol. The molecule has 2 aromatic carbocycles. The van der Waals surface area contributed by atoms with Crippen LogP contribution in [0.25, 0.3) is 6.08 Å². The molecule has 0 bridgehead atoms. The van der Waals surface area contributed by atoms with Crippen LogP contribution in [0.1, 0.15) is 39.2 Å². The number of nitrogens with zero attached hydrogens (tertiary/aromatic N) is 1. The molecule has 0 radical (unpaired) electrons. The van der Waals surface area contributed by atoms with E-state index >= 15 is 0 Å². The predicted molar refractivity (Wildman–Crippen MR) is 132 cm³/mol. The molecule has 0 unspecified atom stereocenters. The fraction of sp³-hybridized carbons (Fsp3) is 0.192. The zero-order valence-electron chi connectivity index (χ0n) is 18.6. The van der Waals surface area contributed by atoms with Crippen molar-refractivity contribution < 1.29 is 14.4 Å². The van der Waals surface area contributed by atoms with E-state index in [1.807, 2.05) is 55.6 Å². The van der Waals surface area contributed by atoms with Gasteiger partial charge < -0.3 is 15.5 Å². The highest BCUT2D eigenvalue weighted by Gasteiger charge is 2.23. The van der Waals surface area contributed by atoms with Crippen molar-refractivity contribution in [3.8, 4) is 0 Å². The minimum absolute atomic E-state index is 0.120. The number of aryl methyl sites for hydroxylation is 2. The number of thiophene rings is 1. The summed E-state index contributed by atoms with van der Waals surface area (Å²) in [7, 11) is 0. The summed E-state index contributed by atoms with van der Waals surface area (Å²) in [5.74, 6) is -0.657. The van der Waals surface area contributed by atoms with E-state index in [0.29, 0.717) is 24.2 Å². The molecular formula is C26H25N3O3S. The molecule has 6 nitrogen and oxygen atoms in total. The highest BCUT2D eigenvalue weighted by atomic mass is 32.1. The van der Waals surface area contributed by atoms with Crippen molar-refractivity contribution >= 4 is 46.5 Å². The van der Waals surface area contributed by atoms with Gasteiger partial charge in [0.25, 0.3) is 11.8 Å². The molecule has 4 rings (SSSR count). The lowest BCUT2D eigenvalue weighted by Gasteiger charge is -2.19. The second-order valence-electron chi connectivity index (χ2n) is 8.00. The Hall–Kier alpha value is -3.71. The molecule has 2 N–H and O–H groups in total. The number of carbonyl (C=O) groups is 3. The monoisotopic (exact) mass is 459 g/mol. The summed E-state index contributed by atoms with van der Waals surface area (Å²) >= 11 is 1.47. The summed E-state index contributed by atoms with van der Waals surface area (Å²) in [6.45, 7) is 4.58. The summed E-state index contributed by atoms with van der Waals surface area (Å²) < 4.78 is 0. The number of amides is 3. The molecule has 0 spiro atoms. The first-order valence-electron chi connectivity index (χ1n) is 10.8. The lowest BCUT2D eigenvalue weighted by Crippen LogP contribution is -2.30. The van der Waals surface area contributed by atoms with E-state index in [2.05, 4.69) is 10.6 Å². The number of anilines is 2. The van der Waals surface area contributed by atoms with Gasteiger partial charge in [0, 0.05) is 34.8 Å². The molecule has 1 aliphatic rings. The van der Waals surface area contributed by atoms with Crippen LogP contribution in [0.4, 0.5) is 11.4 Å². The maximum Gasteiger partial charge on any atom is 0.272 e. The van der Waals surface area contributed by atoms with Gasteiger partial charge >= 0.3 is 0 Å². The Bertz CT molecular complexity index is 1210. The minimum atomic E-state index is -0.423. The van der Waals surface area contributed by atoms with E-state index < -0.39 is 5.91 Å². The molecule has 7 heteroatoms. The topological polar surface area (TPSA) is 78.5 Å². The van der Waals surface area contributed by atoms with Crippen LogP contribution >= 0.6 is 11.3 Å². The molecule has 168 valence electrons. The molecule has 1 aliphatic heterocycles. The Balaban J connectivity index is 1.54. The maximum absolute atomic E-state index is 13.1. The maximum atomic E-state index is 13.1. The second kappa shape index (κ2) is 9.83. The van der Waals surface area contributed by atoms with Crippen LogP contribution in [-0.4, -0.2) is 24.3 Å². The number of carbonyl (C=O) groups excluding carboxylic acids is 3. The first-order valence-corrected chi connectivity index (χ1v) is 11.6. The number of benzene rings is 2. The summed E-state index contributed by atoms with van der Waals surface area (Å²) in [6, 6.07) is 16.4. The van der Waals surface area contributed by atoms with Gasteiger partial charge in [-0.25, -0.2) is 0 Å². The van der Waals surface area contributed by atoms with Crippen molar-refractivity contribution in [2.24, 2.45) is 0 Å². The molecule has 3 aromatic rings. The van der Waals surface area contributed by atoms with Crippen molar-refractivity contribution in [1.29, 1.82) is 0 Å². The molecule has 33 heavy (non-hydrogen) atoms.